The summed E-state index contributed by atoms with van der Waals surface area (Å²) < 4.78 is 12.8. The van der Waals surface area contributed by atoms with E-state index in [0.29, 0.717) is 5.69 Å². The van der Waals surface area contributed by atoms with Crippen LogP contribution in [-0.4, -0.2) is 29.1 Å². The normalized spacial score (nSPS) is 11.6. The summed E-state index contributed by atoms with van der Waals surface area (Å²) in [6.45, 7) is 1.75. The van der Waals surface area contributed by atoms with Gasteiger partial charge in [0, 0.05) is 16.3 Å². The molecule has 7 heteroatoms. The molecule has 0 fully saturated rings. The van der Waals surface area contributed by atoms with Gasteiger partial charge in [0.2, 0.25) is 11.8 Å². The van der Waals surface area contributed by atoms with Crippen molar-refractivity contribution in [2.45, 2.75) is 17.1 Å². The number of amides is 2. The minimum atomic E-state index is -0.378. The van der Waals surface area contributed by atoms with Crippen LogP contribution in [0.25, 0.3) is 0 Å². The highest BCUT2D eigenvalue weighted by atomic mass is 32.2. The second kappa shape index (κ2) is 9.48. The van der Waals surface area contributed by atoms with Crippen LogP contribution < -0.4 is 10.6 Å². The number of thioether (sulfide) groups is 2. The molecule has 0 aliphatic rings. The molecule has 1 unspecified atom stereocenters. The van der Waals surface area contributed by atoms with Crippen LogP contribution >= 0.6 is 23.5 Å². The number of carbonyl (C=O) groups is 2. The van der Waals surface area contributed by atoms with E-state index in [0.717, 1.165) is 10.6 Å². The molecule has 132 valence electrons. The summed E-state index contributed by atoms with van der Waals surface area (Å²) >= 11 is 2.84. The maximum Gasteiger partial charge on any atom is 0.237 e. The van der Waals surface area contributed by atoms with Crippen molar-refractivity contribution < 1.29 is 14.0 Å². The third-order valence-electron chi connectivity index (χ3n) is 3.30. The molecule has 0 spiro atoms. The van der Waals surface area contributed by atoms with E-state index in [4.69, 9.17) is 0 Å². The number of hydrogen-bond donors (Lipinski definition) is 2. The van der Waals surface area contributed by atoms with E-state index in [1.54, 1.807) is 18.7 Å². The average molecular weight is 378 g/mol. The highest BCUT2D eigenvalue weighted by Gasteiger charge is 2.15. The summed E-state index contributed by atoms with van der Waals surface area (Å²) in [7, 11) is 0. The van der Waals surface area contributed by atoms with E-state index in [1.807, 2.05) is 30.5 Å². The Morgan fingerprint density at radius 3 is 2.48 bits per heavy atom. The van der Waals surface area contributed by atoms with Crippen molar-refractivity contribution >= 4 is 46.7 Å². The molecule has 1 atom stereocenters. The Morgan fingerprint density at radius 1 is 1.08 bits per heavy atom. The fourth-order valence-electron chi connectivity index (χ4n) is 1.95. The van der Waals surface area contributed by atoms with Gasteiger partial charge in [-0.05, 0) is 55.6 Å². The molecule has 0 aliphatic heterocycles. The molecule has 0 saturated heterocycles. The van der Waals surface area contributed by atoms with E-state index in [9.17, 15) is 14.0 Å². The highest BCUT2D eigenvalue weighted by molar-refractivity contribution is 8.01. The molecule has 0 saturated carbocycles. The Balaban J connectivity index is 1.80. The molecule has 4 nitrogen and oxygen atoms in total. The lowest BCUT2D eigenvalue weighted by Gasteiger charge is -2.12. The van der Waals surface area contributed by atoms with Gasteiger partial charge in [-0.15, -0.1) is 23.5 Å². The number of carbonyl (C=O) groups excluding carboxylic acids is 2. The van der Waals surface area contributed by atoms with Gasteiger partial charge in [-0.2, -0.15) is 0 Å². The second-order valence-corrected chi connectivity index (χ2v) is 7.44. The number of anilines is 2. The lowest BCUT2D eigenvalue weighted by molar-refractivity contribution is -0.115. The van der Waals surface area contributed by atoms with Crippen molar-refractivity contribution in [2.75, 3.05) is 22.6 Å². The van der Waals surface area contributed by atoms with E-state index >= 15 is 0 Å². The van der Waals surface area contributed by atoms with Crippen molar-refractivity contribution in [2.24, 2.45) is 0 Å². The average Bonchev–Trinajstić information content (AvgIpc) is 2.61. The number of rotatable bonds is 7. The van der Waals surface area contributed by atoms with Crippen molar-refractivity contribution in [3.05, 3.63) is 54.3 Å². The molecule has 0 radical (unpaired) electrons. The summed E-state index contributed by atoms with van der Waals surface area (Å²) in [5.41, 5.74) is 1.26. The van der Waals surface area contributed by atoms with E-state index in [1.165, 1.54) is 36.0 Å². The molecule has 2 amide bonds. The number of nitrogens with one attached hydrogen (secondary N) is 2. The number of halogens is 1. The van der Waals surface area contributed by atoms with Crippen LogP contribution in [0.3, 0.4) is 0 Å². The van der Waals surface area contributed by atoms with Crippen LogP contribution in [0.4, 0.5) is 15.8 Å². The Kier molecular flexibility index (Phi) is 7.33. The Labute approximate surface area is 155 Å². The maximum absolute atomic E-state index is 12.8. The van der Waals surface area contributed by atoms with Gasteiger partial charge in [0.1, 0.15) is 5.82 Å². The third kappa shape index (κ3) is 6.43. The van der Waals surface area contributed by atoms with Crippen molar-refractivity contribution in [1.29, 1.82) is 0 Å². The van der Waals surface area contributed by atoms with Crippen LogP contribution in [-0.2, 0) is 9.59 Å². The van der Waals surface area contributed by atoms with Crippen molar-refractivity contribution in [3.8, 4) is 0 Å². The predicted molar refractivity (Wildman–Crippen MR) is 104 cm³/mol. The minimum Gasteiger partial charge on any atom is -0.325 e. The van der Waals surface area contributed by atoms with Crippen LogP contribution in [0, 0.1) is 5.82 Å². The molecule has 0 aromatic heterocycles. The molecule has 2 aromatic rings. The Bertz CT molecular complexity index is 738. The van der Waals surface area contributed by atoms with Crippen molar-refractivity contribution in [3.63, 3.8) is 0 Å². The molecular formula is C18H19FN2O2S2. The van der Waals surface area contributed by atoms with E-state index < -0.39 is 0 Å². The zero-order valence-corrected chi connectivity index (χ0v) is 15.5. The summed E-state index contributed by atoms with van der Waals surface area (Å²) in [5, 5.41) is 5.14. The molecule has 0 aliphatic carbocycles. The third-order valence-corrected chi connectivity index (χ3v) is 5.17. The lowest BCUT2D eigenvalue weighted by Crippen LogP contribution is -2.25. The van der Waals surface area contributed by atoms with E-state index in [-0.39, 0.29) is 28.6 Å². The minimum absolute atomic E-state index is 0.136. The molecule has 2 rings (SSSR count). The first-order chi connectivity index (χ1) is 12.0. The second-order valence-electron chi connectivity index (χ2n) is 5.23. The van der Waals surface area contributed by atoms with Gasteiger partial charge in [-0.1, -0.05) is 6.07 Å². The van der Waals surface area contributed by atoms with E-state index in [2.05, 4.69) is 10.6 Å². The van der Waals surface area contributed by atoms with Crippen LogP contribution in [0.15, 0.2) is 53.4 Å². The monoisotopic (exact) mass is 378 g/mol. The zero-order valence-electron chi connectivity index (χ0n) is 13.9. The van der Waals surface area contributed by atoms with Crippen LogP contribution in [0.1, 0.15) is 6.92 Å². The first-order valence-corrected chi connectivity index (χ1v) is 9.87. The van der Waals surface area contributed by atoms with Crippen molar-refractivity contribution in [1.82, 2.24) is 0 Å². The van der Waals surface area contributed by atoms with Gasteiger partial charge < -0.3 is 10.6 Å². The zero-order chi connectivity index (χ0) is 18.2. The molecule has 2 aromatic carbocycles. The lowest BCUT2D eigenvalue weighted by atomic mass is 10.3. The highest BCUT2D eigenvalue weighted by Crippen LogP contribution is 2.20. The first-order valence-electron chi connectivity index (χ1n) is 7.60. The number of hydrogen-bond acceptors (Lipinski definition) is 4. The topological polar surface area (TPSA) is 58.2 Å². The van der Waals surface area contributed by atoms with Gasteiger partial charge in [0.15, 0.2) is 0 Å². The molecule has 0 bridgehead atoms. The smallest absolute Gasteiger partial charge is 0.237 e. The molecule has 0 heterocycles. The Hall–Kier alpha value is -1.99. The largest absolute Gasteiger partial charge is 0.325 e. The fourth-order valence-corrected chi connectivity index (χ4v) is 3.09. The number of benzene rings is 2. The summed E-state index contributed by atoms with van der Waals surface area (Å²) in [5.74, 6) is -0.613. The maximum atomic E-state index is 12.8. The van der Waals surface area contributed by atoms with Crippen LogP contribution in [0.2, 0.25) is 0 Å². The van der Waals surface area contributed by atoms with Gasteiger partial charge in [0.25, 0.3) is 0 Å². The quantitative estimate of drug-likeness (QED) is 0.708. The summed E-state index contributed by atoms with van der Waals surface area (Å²) in [4.78, 5) is 25.2. The molecular weight excluding hydrogens is 359 g/mol. The van der Waals surface area contributed by atoms with Gasteiger partial charge >= 0.3 is 0 Å². The van der Waals surface area contributed by atoms with Gasteiger partial charge in [0.05, 0.1) is 11.0 Å². The Morgan fingerprint density at radius 2 is 1.80 bits per heavy atom. The van der Waals surface area contributed by atoms with Gasteiger partial charge in [-0.25, -0.2) is 4.39 Å². The first kappa shape index (κ1) is 19.3. The fraction of sp³-hybridized carbons (Fsp3) is 0.222. The predicted octanol–water partition coefficient (Wildman–Crippen LogP) is 4.25. The summed E-state index contributed by atoms with van der Waals surface area (Å²) in [6.07, 6.45) is 1.97. The molecule has 25 heavy (non-hydrogen) atoms. The standard InChI is InChI=1S/C18H19FN2O2S2/c1-12(18(23)21-15-4-3-5-16(10-15)24-2)25-11-17(22)20-14-8-6-13(19)7-9-14/h3-10,12H,11H2,1-2H3,(H,20,22)(H,21,23). The SMILES string of the molecule is CSc1cccc(NC(=O)C(C)SCC(=O)Nc2ccc(F)cc2)c1. The summed E-state index contributed by atoms with van der Waals surface area (Å²) in [6, 6.07) is 13.1. The molecule has 2 N–H and O–H groups in total. The van der Waals surface area contributed by atoms with Crippen LogP contribution in [0.5, 0.6) is 0 Å². The van der Waals surface area contributed by atoms with Gasteiger partial charge in [-0.3, -0.25) is 9.59 Å².